The fourth-order valence-electron chi connectivity index (χ4n) is 1.91. The molecule has 0 spiro atoms. The van der Waals surface area contributed by atoms with E-state index >= 15 is 0 Å². The van der Waals surface area contributed by atoms with Crippen molar-refractivity contribution >= 4 is 22.5 Å². The lowest BCUT2D eigenvalue weighted by atomic mass is 9.97. The lowest BCUT2D eigenvalue weighted by Crippen LogP contribution is -2.30. The van der Waals surface area contributed by atoms with E-state index in [-0.39, 0.29) is 5.78 Å². The highest BCUT2D eigenvalue weighted by atomic mass is 16.2. The average molecular weight is 242 g/mol. The van der Waals surface area contributed by atoms with Gasteiger partial charge in [0.1, 0.15) is 11.6 Å². The molecular formula is C14H14N2O2. The van der Waals surface area contributed by atoms with Crippen LogP contribution in [0, 0.1) is 5.92 Å². The number of nitrogens with two attached hydrogens (primary N) is 1. The summed E-state index contributed by atoms with van der Waals surface area (Å²) in [5.41, 5.74) is 5.50. The first-order chi connectivity index (χ1) is 8.63. The second-order valence-corrected chi connectivity index (χ2v) is 4.14. The maximum Gasteiger partial charge on any atom is 0.228 e. The number of carbonyl (C=O) groups is 2. The third-order valence-electron chi connectivity index (χ3n) is 2.95. The number of pyridine rings is 1. The lowest BCUT2D eigenvalue weighted by molar-refractivity contribution is -0.120. The van der Waals surface area contributed by atoms with Gasteiger partial charge in [-0.1, -0.05) is 31.2 Å². The summed E-state index contributed by atoms with van der Waals surface area (Å²) in [5.74, 6) is -1.70. The summed E-state index contributed by atoms with van der Waals surface area (Å²) in [4.78, 5) is 27.4. The number of primary amides is 1. The van der Waals surface area contributed by atoms with Crippen LogP contribution in [0.5, 0.6) is 0 Å². The molecule has 18 heavy (non-hydrogen) atoms. The maximum absolute atomic E-state index is 12.1. The molecule has 1 heterocycles. The molecular weight excluding hydrogens is 228 g/mol. The van der Waals surface area contributed by atoms with E-state index in [1.54, 1.807) is 19.2 Å². The van der Waals surface area contributed by atoms with Crippen LogP contribution in [0.2, 0.25) is 0 Å². The first kappa shape index (κ1) is 12.2. The molecule has 92 valence electrons. The smallest absolute Gasteiger partial charge is 0.228 e. The fraction of sp³-hybridized carbons (Fsp3) is 0.214. The van der Waals surface area contributed by atoms with Crippen molar-refractivity contribution in [3.8, 4) is 0 Å². The van der Waals surface area contributed by atoms with Gasteiger partial charge in [-0.25, -0.2) is 0 Å². The number of ketones is 1. The van der Waals surface area contributed by atoms with Crippen molar-refractivity contribution in [2.24, 2.45) is 11.7 Å². The predicted molar refractivity (Wildman–Crippen MR) is 69.0 cm³/mol. The molecule has 2 aromatic rings. The number of nitrogens with zero attached hydrogens (tertiary/aromatic N) is 1. The Balaban J connectivity index is 2.42. The molecule has 0 aliphatic carbocycles. The van der Waals surface area contributed by atoms with Gasteiger partial charge in [-0.3, -0.25) is 14.6 Å². The van der Waals surface area contributed by atoms with Crippen molar-refractivity contribution in [1.82, 2.24) is 4.98 Å². The molecule has 1 unspecified atom stereocenters. The van der Waals surface area contributed by atoms with E-state index in [2.05, 4.69) is 4.98 Å². The number of benzene rings is 1. The summed E-state index contributed by atoms with van der Waals surface area (Å²) >= 11 is 0. The normalized spacial score (nSPS) is 12.3. The number of aromatic nitrogens is 1. The molecule has 2 rings (SSSR count). The van der Waals surface area contributed by atoms with E-state index in [0.717, 1.165) is 10.8 Å². The molecule has 1 aromatic heterocycles. The van der Waals surface area contributed by atoms with Gasteiger partial charge in [-0.05, 0) is 17.9 Å². The first-order valence-corrected chi connectivity index (χ1v) is 5.81. The summed E-state index contributed by atoms with van der Waals surface area (Å²) in [6.45, 7) is 1.76. The van der Waals surface area contributed by atoms with Crippen molar-refractivity contribution in [1.29, 1.82) is 0 Å². The quantitative estimate of drug-likeness (QED) is 0.657. The topological polar surface area (TPSA) is 73.1 Å². The van der Waals surface area contributed by atoms with E-state index in [1.165, 1.54) is 0 Å². The van der Waals surface area contributed by atoms with Crippen LogP contribution >= 0.6 is 0 Å². The third-order valence-corrected chi connectivity index (χ3v) is 2.95. The van der Waals surface area contributed by atoms with Crippen molar-refractivity contribution < 1.29 is 9.59 Å². The molecule has 2 N–H and O–H groups in total. The Morgan fingerprint density at radius 3 is 2.56 bits per heavy atom. The van der Waals surface area contributed by atoms with Gasteiger partial charge in [-0.2, -0.15) is 0 Å². The number of amides is 1. The zero-order valence-electron chi connectivity index (χ0n) is 10.1. The van der Waals surface area contributed by atoms with Crippen LogP contribution in [0.4, 0.5) is 0 Å². The fourth-order valence-corrected chi connectivity index (χ4v) is 1.91. The first-order valence-electron chi connectivity index (χ1n) is 5.81. The molecule has 0 fully saturated rings. The number of rotatable bonds is 4. The number of hydrogen-bond donors (Lipinski definition) is 1. The zero-order valence-corrected chi connectivity index (χ0v) is 10.1. The summed E-state index contributed by atoms with van der Waals surface area (Å²) in [7, 11) is 0. The number of fused-ring (bicyclic) bond motifs is 1. The van der Waals surface area contributed by atoms with Crippen molar-refractivity contribution in [2.45, 2.75) is 13.3 Å². The van der Waals surface area contributed by atoms with Gasteiger partial charge < -0.3 is 5.73 Å². The molecule has 1 aromatic carbocycles. The highest BCUT2D eigenvalue weighted by molar-refractivity contribution is 6.09. The summed E-state index contributed by atoms with van der Waals surface area (Å²) in [5, 5.41) is 1.89. The molecule has 1 atom stereocenters. The highest BCUT2D eigenvalue weighted by Gasteiger charge is 2.24. The van der Waals surface area contributed by atoms with Crippen LogP contribution in [-0.4, -0.2) is 16.7 Å². The minimum absolute atomic E-state index is 0.291. The maximum atomic E-state index is 12.1. The Hall–Kier alpha value is -2.23. The van der Waals surface area contributed by atoms with Crippen molar-refractivity contribution in [2.75, 3.05) is 0 Å². The van der Waals surface area contributed by atoms with Crippen LogP contribution in [-0.2, 0) is 4.79 Å². The molecule has 0 saturated carbocycles. The molecule has 0 aliphatic rings. The Morgan fingerprint density at radius 1 is 1.28 bits per heavy atom. The molecule has 0 radical (unpaired) electrons. The highest BCUT2D eigenvalue weighted by Crippen LogP contribution is 2.16. The monoisotopic (exact) mass is 242 g/mol. The predicted octanol–water partition coefficient (Wildman–Crippen LogP) is 1.93. The number of Topliss-reactive ketones (excluding diaryl/α,β-unsaturated/α-hetero) is 1. The standard InChI is InChI=1S/C14H14N2O2/c1-2-11(14(15)18)13(17)12-7-9-5-3-4-6-10(9)8-16-12/h3-8,11H,2H2,1H3,(H2,15,18). The van der Waals surface area contributed by atoms with Crippen LogP contribution in [0.1, 0.15) is 23.8 Å². The van der Waals surface area contributed by atoms with E-state index in [9.17, 15) is 9.59 Å². The summed E-state index contributed by atoms with van der Waals surface area (Å²) < 4.78 is 0. The van der Waals surface area contributed by atoms with Gasteiger partial charge in [0.15, 0.2) is 5.78 Å². The molecule has 0 saturated heterocycles. The van der Waals surface area contributed by atoms with Crippen LogP contribution in [0.25, 0.3) is 10.8 Å². The van der Waals surface area contributed by atoms with Gasteiger partial charge in [0.05, 0.1) is 0 Å². The lowest BCUT2D eigenvalue weighted by Gasteiger charge is -2.09. The second-order valence-electron chi connectivity index (χ2n) is 4.14. The van der Waals surface area contributed by atoms with Gasteiger partial charge in [0.2, 0.25) is 5.91 Å². The largest absolute Gasteiger partial charge is 0.369 e. The van der Waals surface area contributed by atoms with Crippen LogP contribution < -0.4 is 5.73 Å². The summed E-state index contributed by atoms with van der Waals surface area (Å²) in [6, 6.07) is 9.32. The van der Waals surface area contributed by atoms with Gasteiger partial charge in [0, 0.05) is 11.6 Å². The molecule has 0 bridgehead atoms. The van der Waals surface area contributed by atoms with Crippen molar-refractivity contribution in [3.63, 3.8) is 0 Å². The Bertz CT molecular complexity index is 608. The second kappa shape index (κ2) is 4.96. The third kappa shape index (κ3) is 2.22. The van der Waals surface area contributed by atoms with Gasteiger partial charge in [0.25, 0.3) is 0 Å². The molecule has 4 heteroatoms. The SMILES string of the molecule is CCC(C(N)=O)C(=O)c1cc2ccccc2cn1. The van der Waals surface area contributed by atoms with E-state index < -0.39 is 11.8 Å². The van der Waals surface area contributed by atoms with Crippen LogP contribution in [0.15, 0.2) is 36.5 Å². The Kier molecular flexibility index (Phi) is 3.37. The van der Waals surface area contributed by atoms with Crippen LogP contribution in [0.3, 0.4) is 0 Å². The molecule has 1 amide bonds. The Labute approximate surface area is 105 Å². The molecule has 4 nitrogen and oxygen atoms in total. The minimum atomic E-state index is -0.793. The van der Waals surface area contributed by atoms with Crippen molar-refractivity contribution in [3.05, 3.63) is 42.2 Å². The summed E-state index contributed by atoms with van der Waals surface area (Å²) in [6.07, 6.45) is 2.03. The van der Waals surface area contributed by atoms with Gasteiger partial charge >= 0.3 is 0 Å². The van der Waals surface area contributed by atoms with E-state index in [1.807, 2.05) is 24.3 Å². The van der Waals surface area contributed by atoms with E-state index in [4.69, 9.17) is 5.73 Å². The Morgan fingerprint density at radius 2 is 1.94 bits per heavy atom. The zero-order chi connectivity index (χ0) is 13.1. The number of hydrogen-bond acceptors (Lipinski definition) is 3. The molecule has 0 aliphatic heterocycles. The average Bonchev–Trinajstić information content (AvgIpc) is 2.38. The van der Waals surface area contributed by atoms with E-state index in [0.29, 0.717) is 12.1 Å². The van der Waals surface area contributed by atoms with Gasteiger partial charge in [-0.15, -0.1) is 0 Å². The number of carbonyl (C=O) groups excluding carboxylic acids is 2. The minimum Gasteiger partial charge on any atom is -0.369 e.